The topological polar surface area (TPSA) is 18.5 Å². The summed E-state index contributed by atoms with van der Waals surface area (Å²) in [6, 6.07) is 5.23. The number of benzene rings is 1. The number of halogens is 4. The normalized spacial score (nSPS) is 10.5. The van der Waals surface area contributed by atoms with Gasteiger partial charge in [0.05, 0.1) is 18.2 Å². The molecule has 0 saturated carbocycles. The summed E-state index contributed by atoms with van der Waals surface area (Å²) in [5.74, 6) is 0.675. The molecule has 1 rings (SSSR count). The molecule has 0 spiro atoms. The van der Waals surface area contributed by atoms with Crippen molar-refractivity contribution in [2.24, 2.45) is 0 Å². The van der Waals surface area contributed by atoms with E-state index in [1.54, 1.807) is 24.3 Å². The van der Waals surface area contributed by atoms with Gasteiger partial charge < -0.3 is 9.47 Å². The maximum atomic E-state index is 6.01. The molecule has 0 N–H and O–H groups in total. The Balaban J connectivity index is 1.98. The van der Waals surface area contributed by atoms with Gasteiger partial charge in [0.1, 0.15) is 10.2 Å². The summed E-state index contributed by atoms with van der Waals surface area (Å²) < 4.78 is 11.2. The van der Waals surface area contributed by atoms with Crippen molar-refractivity contribution < 1.29 is 9.47 Å². The van der Waals surface area contributed by atoms with E-state index in [-0.39, 0.29) is 4.49 Å². The highest BCUT2D eigenvalue weighted by molar-refractivity contribution is 6.55. The smallest absolute Gasteiger partial charge is 0.137 e. The maximum Gasteiger partial charge on any atom is 0.137 e. The molecule has 0 saturated heterocycles. The molecule has 0 radical (unpaired) electrons. The van der Waals surface area contributed by atoms with Gasteiger partial charge in [-0.15, -0.1) is 0 Å². The Morgan fingerprint density at radius 1 is 1.00 bits per heavy atom. The van der Waals surface area contributed by atoms with Crippen LogP contribution in [0.4, 0.5) is 0 Å². The predicted molar refractivity (Wildman–Crippen MR) is 91.0 cm³/mol. The molecule has 0 aromatic heterocycles. The first-order chi connectivity index (χ1) is 10.1. The lowest BCUT2D eigenvalue weighted by molar-refractivity contribution is 0.156. The van der Waals surface area contributed by atoms with E-state index in [4.69, 9.17) is 55.9 Å². The molecule has 0 amide bonds. The lowest BCUT2D eigenvalue weighted by atomic mass is 10.2. The zero-order chi connectivity index (χ0) is 15.5. The second kappa shape index (κ2) is 11.4. The molecule has 0 bridgehead atoms. The van der Waals surface area contributed by atoms with Gasteiger partial charge in [-0.2, -0.15) is 0 Å². The van der Waals surface area contributed by atoms with Crippen LogP contribution < -0.4 is 4.74 Å². The van der Waals surface area contributed by atoms with Crippen LogP contribution in [0.2, 0.25) is 10.0 Å². The summed E-state index contributed by atoms with van der Waals surface area (Å²) in [7, 11) is 0. The highest BCUT2D eigenvalue weighted by Crippen LogP contribution is 2.27. The van der Waals surface area contributed by atoms with Crippen LogP contribution in [0.1, 0.15) is 25.7 Å². The van der Waals surface area contributed by atoms with Crippen molar-refractivity contribution in [1.29, 1.82) is 0 Å². The third-order valence-corrected chi connectivity index (χ3v) is 3.53. The molecule has 6 heteroatoms. The molecule has 0 unspecified atom stereocenters. The largest absolute Gasteiger partial charge is 0.492 e. The number of hydrogen-bond acceptors (Lipinski definition) is 2. The summed E-state index contributed by atoms with van der Waals surface area (Å²) in [5.41, 5.74) is 0. The van der Waals surface area contributed by atoms with Crippen molar-refractivity contribution in [2.45, 2.75) is 25.7 Å². The van der Waals surface area contributed by atoms with Crippen LogP contribution in [0, 0.1) is 0 Å². The molecule has 0 aliphatic heterocycles. The first-order valence-electron chi connectivity index (χ1n) is 6.76. The fraction of sp³-hybridized carbons (Fsp3) is 0.467. The highest BCUT2D eigenvalue weighted by atomic mass is 35.5. The van der Waals surface area contributed by atoms with Crippen LogP contribution in [0.3, 0.4) is 0 Å². The van der Waals surface area contributed by atoms with Crippen molar-refractivity contribution in [3.8, 4) is 5.75 Å². The van der Waals surface area contributed by atoms with Crippen molar-refractivity contribution in [2.75, 3.05) is 19.8 Å². The Morgan fingerprint density at radius 3 is 2.38 bits per heavy atom. The molecule has 0 aliphatic rings. The standard InChI is InChI=1S/C15H18Cl4O2/c16-12-5-6-14(13(17)11-12)21-9-4-2-1-3-8-20-10-7-15(18)19/h5-7,11H,1-4,8-10H2. The van der Waals surface area contributed by atoms with E-state index < -0.39 is 0 Å². The third-order valence-electron chi connectivity index (χ3n) is 2.69. The Bertz CT molecular complexity index is 445. The number of hydrogen-bond donors (Lipinski definition) is 0. The Hall–Kier alpha value is -0.120. The van der Waals surface area contributed by atoms with E-state index in [0.29, 0.717) is 35.6 Å². The Morgan fingerprint density at radius 2 is 1.71 bits per heavy atom. The molecule has 21 heavy (non-hydrogen) atoms. The van der Waals surface area contributed by atoms with Crippen LogP contribution in [0.5, 0.6) is 5.75 Å². The minimum atomic E-state index is 0.244. The minimum absolute atomic E-state index is 0.244. The van der Waals surface area contributed by atoms with Crippen molar-refractivity contribution in [3.63, 3.8) is 0 Å². The number of ether oxygens (including phenoxy) is 2. The molecular weight excluding hydrogens is 354 g/mol. The molecule has 118 valence electrons. The average molecular weight is 372 g/mol. The van der Waals surface area contributed by atoms with E-state index >= 15 is 0 Å². The van der Waals surface area contributed by atoms with E-state index in [9.17, 15) is 0 Å². The summed E-state index contributed by atoms with van der Waals surface area (Å²) in [6.07, 6.45) is 5.80. The summed E-state index contributed by atoms with van der Waals surface area (Å²) in [4.78, 5) is 0. The van der Waals surface area contributed by atoms with E-state index in [1.807, 2.05) is 0 Å². The van der Waals surface area contributed by atoms with Crippen LogP contribution in [-0.2, 0) is 4.74 Å². The molecule has 1 aromatic rings. The van der Waals surface area contributed by atoms with Crippen molar-refractivity contribution >= 4 is 46.4 Å². The monoisotopic (exact) mass is 370 g/mol. The average Bonchev–Trinajstić information content (AvgIpc) is 2.42. The molecule has 0 aliphatic carbocycles. The van der Waals surface area contributed by atoms with Gasteiger partial charge in [0.15, 0.2) is 0 Å². The van der Waals surface area contributed by atoms with Crippen LogP contribution in [0.25, 0.3) is 0 Å². The first-order valence-corrected chi connectivity index (χ1v) is 8.27. The third kappa shape index (κ3) is 9.49. The molecule has 0 atom stereocenters. The van der Waals surface area contributed by atoms with Crippen molar-refractivity contribution in [1.82, 2.24) is 0 Å². The van der Waals surface area contributed by atoms with Gasteiger partial charge in [0, 0.05) is 11.6 Å². The minimum Gasteiger partial charge on any atom is -0.492 e. The van der Waals surface area contributed by atoms with Gasteiger partial charge in [-0.3, -0.25) is 0 Å². The quantitative estimate of drug-likeness (QED) is 0.451. The summed E-state index contributed by atoms with van der Waals surface area (Å²) in [5, 5.41) is 1.15. The van der Waals surface area contributed by atoms with Crippen LogP contribution >= 0.6 is 46.4 Å². The second-order valence-electron chi connectivity index (χ2n) is 4.41. The lowest BCUT2D eigenvalue weighted by Gasteiger charge is -2.08. The number of unbranched alkanes of at least 4 members (excludes halogenated alkanes) is 3. The molecule has 2 nitrogen and oxygen atoms in total. The SMILES string of the molecule is ClC(Cl)=CCOCCCCCCOc1ccc(Cl)cc1Cl. The fourth-order valence-electron chi connectivity index (χ4n) is 1.64. The summed E-state index contributed by atoms with van der Waals surface area (Å²) in [6.45, 7) is 1.81. The van der Waals surface area contributed by atoms with Crippen LogP contribution in [-0.4, -0.2) is 19.8 Å². The number of rotatable bonds is 10. The Labute approximate surface area is 145 Å². The maximum absolute atomic E-state index is 6.01. The second-order valence-corrected chi connectivity index (χ2v) is 6.26. The zero-order valence-corrected chi connectivity index (χ0v) is 14.6. The Kier molecular flexibility index (Phi) is 10.3. The van der Waals surface area contributed by atoms with E-state index in [0.717, 1.165) is 25.7 Å². The first kappa shape index (κ1) is 18.9. The van der Waals surface area contributed by atoms with Gasteiger partial charge in [0.2, 0.25) is 0 Å². The molecule has 0 fully saturated rings. The lowest BCUT2D eigenvalue weighted by Crippen LogP contribution is -1.99. The van der Waals surface area contributed by atoms with Gasteiger partial charge in [-0.25, -0.2) is 0 Å². The zero-order valence-electron chi connectivity index (χ0n) is 11.6. The highest BCUT2D eigenvalue weighted by Gasteiger charge is 2.01. The van der Waals surface area contributed by atoms with Gasteiger partial charge in [-0.05, 0) is 43.5 Å². The summed E-state index contributed by atoms with van der Waals surface area (Å²) >= 11 is 22.8. The van der Waals surface area contributed by atoms with Gasteiger partial charge >= 0.3 is 0 Å². The predicted octanol–water partition coefficient (Wildman–Crippen LogP) is 6.27. The van der Waals surface area contributed by atoms with E-state index in [1.165, 1.54) is 0 Å². The fourth-order valence-corrected chi connectivity index (χ4v) is 2.23. The molecule has 1 aromatic carbocycles. The van der Waals surface area contributed by atoms with Gasteiger partial charge in [-0.1, -0.05) is 52.8 Å². The van der Waals surface area contributed by atoms with E-state index in [2.05, 4.69) is 0 Å². The van der Waals surface area contributed by atoms with Crippen LogP contribution in [0.15, 0.2) is 28.8 Å². The molecular formula is C15H18Cl4O2. The molecule has 0 heterocycles. The van der Waals surface area contributed by atoms with Crippen molar-refractivity contribution in [3.05, 3.63) is 38.8 Å². The van der Waals surface area contributed by atoms with Gasteiger partial charge in [0.25, 0.3) is 0 Å².